The van der Waals surface area contributed by atoms with E-state index < -0.39 is 6.10 Å². The summed E-state index contributed by atoms with van der Waals surface area (Å²) in [7, 11) is 0. The first-order chi connectivity index (χ1) is 24.9. The molecule has 51 heavy (non-hydrogen) atoms. The van der Waals surface area contributed by atoms with Gasteiger partial charge in [-0.15, -0.1) is 0 Å². The van der Waals surface area contributed by atoms with Crippen LogP contribution in [-0.2, 0) is 28.6 Å². The largest absolute Gasteiger partial charge is 0.462 e. The van der Waals surface area contributed by atoms with E-state index >= 15 is 0 Å². The number of carbonyl (C=O) groups excluding carboxylic acids is 3. The Hall–Kier alpha value is -1.59. The van der Waals surface area contributed by atoms with Crippen molar-refractivity contribution in [2.24, 2.45) is 5.92 Å². The van der Waals surface area contributed by atoms with Gasteiger partial charge in [0.25, 0.3) is 0 Å². The summed E-state index contributed by atoms with van der Waals surface area (Å²) in [6, 6.07) is 0. The van der Waals surface area contributed by atoms with Crippen LogP contribution in [0.2, 0.25) is 0 Å². The van der Waals surface area contributed by atoms with Crippen LogP contribution in [0.25, 0.3) is 0 Å². The molecule has 0 radical (unpaired) electrons. The SMILES string of the molecule is CCCCCCCCCCCCCCCCC(=O)OC[C@@H](COC(=O)CCCCCCCCC(C)CC)OC(=O)CCCCCCCCCCC. The van der Waals surface area contributed by atoms with Crippen molar-refractivity contribution in [3.63, 3.8) is 0 Å². The topological polar surface area (TPSA) is 78.9 Å². The fraction of sp³-hybridized carbons (Fsp3) is 0.933. The van der Waals surface area contributed by atoms with E-state index in [0.29, 0.717) is 19.3 Å². The molecule has 6 heteroatoms. The van der Waals surface area contributed by atoms with E-state index in [1.807, 2.05) is 0 Å². The van der Waals surface area contributed by atoms with Crippen LogP contribution in [0, 0.1) is 5.92 Å². The molecule has 6 nitrogen and oxygen atoms in total. The Morgan fingerprint density at radius 1 is 0.392 bits per heavy atom. The third-order valence-corrected chi connectivity index (χ3v) is 10.4. The van der Waals surface area contributed by atoms with Gasteiger partial charge in [-0.1, -0.05) is 207 Å². The maximum atomic E-state index is 12.6. The summed E-state index contributed by atoms with van der Waals surface area (Å²) in [5, 5.41) is 0. The molecule has 0 spiro atoms. The predicted molar refractivity (Wildman–Crippen MR) is 215 cm³/mol. The molecular formula is C45H86O6. The Balaban J connectivity index is 4.30. The van der Waals surface area contributed by atoms with Crippen molar-refractivity contribution in [3.8, 4) is 0 Å². The Labute approximate surface area is 317 Å². The second kappa shape index (κ2) is 39.6. The van der Waals surface area contributed by atoms with Crippen molar-refractivity contribution in [1.82, 2.24) is 0 Å². The molecule has 0 rings (SSSR count). The minimum absolute atomic E-state index is 0.0646. The third-order valence-electron chi connectivity index (χ3n) is 10.4. The average molecular weight is 723 g/mol. The lowest BCUT2D eigenvalue weighted by Crippen LogP contribution is -2.30. The monoisotopic (exact) mass is 723 g/mol. The fourth-order valence-corrected chi connectivity index (χ4v) is 6.59. The van der Waals surface area contributed by atoms with Crippen molar-refractivity contribution in [2.75, 3.05) is 13.2 Å². The summed E-state index contributed by atoms with van der Waals surface area (Å²) in [5.74, 6) is -0.0459. The molecule has 0 heterocycles. The fourth-order valence-electron chi connectivity index (χ4n) is 6.59. The lowest BCUT2D eigenvalue weighted by Gasteiger charge is -2.18. The lowest BCUT2D eigenvalue weighted by molar-refractivity contribution is -0.167. The minimum Gasteiger partial charge on any atom is -0.462 e. The highest BCUT2D eigenvalue weighted by Gasteiger charge is 2.19. The van der Waals surface area contributed by atoms with Crippen LogP contribution >= 0.6 is 0 Å². The van der Waals surface area contributed by atoms with Gasteiger partial charge in [0.05, 0.1) is 0 Å². The van der Waals surface area contributed by atoms with E-state index in [-0.39, 0.29) is 31.1 Å². The molecule has 0 aromatic carbocycles. The van der Waals surface area contributed by atoms with Gasteiger partial charge < -0.3 is 14.2 Å². The van der Waals surface area contributed by atoms with Gasteiger partial charge in [0.2, 0.25) is 0 Å². The predicted octanol–water partition coefficient (Wildman–Crippen LogP) is 13.9. The molecule has 0 fully saturated rings. The van der Waals surface area contributed by atoms with Gasteiger partial charge in [-0.05, 0) is 25.2 Å². The van der Waals surface area contributed by atoms with Gasteiger partial charge in [0, 0.05) is 19.3 Å². The smallest absolute Gasteiger partial charge is 0.306 e. The van der Waals surface area contributed by atoms with E-state index in [1.54, 1.807) is 0 Å². The molecule has 0 aliphatic rings. The molecule has 0 saturated carbocycles. The van der Waals surface area contributed by atoms with E-state index in [9.17, 15) is 14.4 Å². The van der Waals surface area contributed by atoms with E-state index in [4.69, 9.17) is 14.2 Å². The van der Waals surface area contributed by atoms with Crippen LogP contribution in [0.15, 0.2) is 0 Å². The molecule has 0 aliphatic carbocycles. The van der Waals surface area contributed by atoms with Gasteiger partial charge in [-0.3, -0.25) is 14.4 Å². The van der Waals surface area contributed by atoms with Gasteiger partial charge in [0.15, 0.2) is 6.10 Å². The van der Waals surface area contributed by atoms with Gasteiger partial charge >= 0.3 is 17.9 Å². The molecule has 0 N–H and O–H groups in total. The molecular weight excluding hydrogens is 636 g/mol. The van der Waals surface area contributed by atoms with Crippen molar-refractivity contribution in [1.29, 1.82) is 0 Å². The number of unbranched alkanes of at least 4 members (excludes halogenated alkanes) is 26. The van der Waals surface area contributed by atoms with Crippen molar-refractivity contribution < 1.29 is 28.6 Å². The van der Waals surface area contributed by atoms with E-state index in [1.165, 1.54) is 141 Å². The number of hydrogen-bond donors (Lipinski definition) is 0. The summed E-state index contributed by atoms with van der Waals surface area (Å²) in [6.45, 7) is 8.95. The zero-order valence-electron chi connectivity index (χ0n) is 34.6. The van der Waals surface area contributed by atoms with Crippen LogP contribution in [0.1, 0.15) is 246 Å². The molecule has 2 atom stereocenters. The molecule has 0 aliphatic heterocycles. The molecule has 0 amide bonds. The summed E-state index contributed by atoms with van der Waals surface area (Å²) < 4.78 is 16.7. The number of rotatable bonds is 40. The molecule has 0 aromatic rings. The second-order valence-electron chi connectivity index (χ2n) is 15.6. The van der Waals surface area contributed by atoms with Gasteiger partial charge in [0.1, 0.15) is 13.2 Å². The third kappa shape index (κ3) is 38.0. The lowest BCUT2D eigenvalue weighted by atomic mass is 10.00. The normalized spacial score (nSPS) is 12.5. The number of ether oxygens (including phenoxy) is 3. The van der Waals surface area contributed by atoms with E-state index in [0.717, 1.165) is 63.7 Å². The zero-order valence-corrected chi connectivity index (χ0v) is 34.6. The number of esters is 3. The average Bonchev–Trinajstić information content (AvgIpc) is 3.13. The molecule has 0 bridgehead atoms. The van der Waals surface area contributed by atoms with Crippen LogP contribution in [0.5, 0.6) is 0 Å². The number of carbonyl (C=O) groups is 3. The standard InChI is InChI=1S/C45H86O6/c1-5-8-10-12-14-16-17-18-19-20-22-23-28-32-36-43(46)49-39-42(51-45(48)38-34-30-24-21-15-13-11-9-6-2)40-50-44(47)37-33-29-26-25-27-31-35-41(4)7-3/h41-42H,5-40H2,1-4H3/t41?,42-/m0/s1. The Morgan fingerprint density at radius 2 is 0.686 bits per heavy atom. The van der Waals surface area contributed by atoms with Crippen LogP contribution < -0.4 is 0 Å². The first kappa shape index (κ1) is 49.4. The highest BCUT2D eigenvalue weighted by Crippen LogP contribution is 2.16. The van der Waals surface area contributed by atoms with Gasteiger partial charge in [-0.25, -0.2) is 0 Å². The maximum Gasteiger partial charge on any atom is 0.306 e. The minimum atomic E-state index is -0.759. The molecule has 0 aromatic heterocycles. The Morgan fingerprint density at radius 3 is 1.02 bits per heavy atom. The van der Waals surface area contributed by atoms with E-state index in [2.05, 4.69) is 27.7 Å². The molecule has 302 valence electrons. The Kier molecular flexibility index (Phi) is 38.4. The van der Waals surface area contributed by atoms with Crippen molar-refractivity contribution in [2.45, 2.75) is 252 Å². The van der Waals surface area contributed by atoms with Crippen LogP contribution in [0.4, 0.5) is 0 Å². The Bertz CT molecular complexity index is 768. The van der Waals surface area contributed by atoms with Gasteiger partial charge in [-0.2, -0.15) is 0 Å². The first-order valence-electron chi connectivity index (χ1n) is 22.4. The highest BCUT2D eigenvalue weighted by atomic mass is 16.6. The number of hydrogen-bond acceptors (Lipinski definition) is 6. The van der Waals surface area contributed by atoms with Crippen molar-refractivity contribution in [3.05, 3.63) is 0 Å². The molecule has 0 saturated heterocycles. The summed E-state index contributed by atoms with van der Waals surface area (Å²) in [4.78, 5) is 37.6. The maximum absolute atomic E-state index is 12.6. The summed E-state index contributed by atoms with van der Waals surface area (Å²) in [5.41, 5.74) is 0. The summed E-state index contributed by atoms with van der Waals surface area (Å²) >= 11 is 0. The quantitative estimate of drug-likeness (QED) is 0.0356. The second-order valence-corrected chi connectivity index (χ2v) is 15.6. The highest BCUT2D eigenvalue weighted by molar-refractivity contribution is 5.71. The first-order valence-corrected chi connectivity index (χ1v) is 22.4. The van der Waals surface area contributed by atoms with Crippen LogP contribution in [-0.4, -0.2) is 37.2 Å². The van der Waals surface area contributed by atoms with Crippen molar-refractivity contribution >= 4 is 17.9 Å². The summed E-state index contributed by atoms with van der Waals surface area (Å²) in [6.07, 6.45) is 38.0. The van der Waals surface area contributed by atoms with Crippen LogP contribution in [0.3, 0.4) is 0 Å². The zero-order chi connectivity index (χ0) is 37.5. The molecule has 1 unspecified atom stereocenters.